The summed E-state index contributed by atoms with van der Waals surface area (Å²) in [6, 6.07) is 5.89. The van der Waals surface area contributed by atoms with Gasteiger partial charge in [0.05, 0.1) is 22.3 Å². The fraction of sp³-hybridized carbons (Fsp3) is 0.571. The molecule has 0 bridgehead atoms. The van der Waals surface area contributed by atoms with Gasteiger partial charge in [0.25, 0.3) is 0 Å². The summed E-state index contributed by atoms with van der Waals surface area (Å²) in [6.45, 7) is 6.49. The molecule has 1 aromatic carbocycles. The van der Waals surface area contributed by atoms with E-state index in [1.165, 1.54) is 0 Å². The normalized spacial score (nSPS) is 26.4. The number of nitrogens with two attached hydrogens (primary N) is 1. The molecule has 0 amide bonds. The van der Waals surface area contributed by atoms with Gasteiger partial charge < -0.3 is 10.5 Å². The Labute approximate surface area is 124 Å². The van der Waals surface area contributed by atoms with Crippen LogP contribution in [0.5, 0.6) is 0 Å². The second-order valence-electron chi connectivity index (χ2n) is 5.14. The van der Waals surface area contributed by atoms with Crippen LogP contribution in [0.4, 0.5) is 0 Å². The van der Waals surface area contributed by atoms with Crippen molar-refractivity contribution in [2.24, 2.45) is 5.73 Å². The van der Waals surface area contributed by atoms with E-state index in [9.17, 15) is 0 Å². The lowest BCUT2D eigenvalue weighted by Crippen LogP contribution is -2.48. The summed E-state index contributed by atoms with van der Waals surface area (Å²) < 4.78 is 5.76. The van der Waals surface area contributed by atoms with Gasteiger partial charge in [-0.05, 0) is 31.5 Å². The van der Waals surface area contributed by atoms with Crippen LogP contribution < -0.4 is 5.73 Å². The molecule has 106 valence electrons. The number of nitrogens with zero attached hydrogens (tertiary/aromatic N) is 1. The summed E-state index contributed by atoms with van der Waals surface area (Å²) in [6.07, 6.45) is 0.446. The third kappa shape index (κ3) is 3.61. The largest absolute Gasteiger partial charge is 0.373 e. The lowest BCUT2D eigenvalue weighted by Gasteiger charge is -2.40. The smallest absolute Gasteiger partial charge is 0.0678 e. The Hall–Kier alpha value is -0.320. The van der Waals surface area contributed by atoms with Gasteiger partial charge in [-0.3, -0.25) is 4.90 Å². The quantitative estimate of drug-likeness (QED) is 0.932. The Morgan fingerprint density at radius 3 is 2.42 bits per heavy atom. The van der Waals surface area contributed by atoms with E-state index >= 15 is 0 Å². The number of hydrogen-bond donors (Lipinski definition) is 1. The first kappa shape index (κ1) is 15.1. The van der Waals surface area contributed by atoms with Crippen molar-refractivity contribution in [2.75, 3.05) is 19.6 Å². The molecule has 1 fully saturated rings. The van der Waals surface area contributed by atoms with Crippen LogP contribution >= 0.6 is 23.2 Å². The first-order valence-electron chi connectivity index (χ1n) is 6.55. The first-order chi connectivity index (χ1) is 9.01. The molecular weight excluding hydrogens is 283 g/mol. The monoisotopic (exact) mass is 302 g/mol. The maximum atomic E-state index is 6.10. The standard InChI is InChI=1S/C14H20Cl2N2O/c1-9-7-18(8-10(2)19-9)14(6-17)11-3-4-12(15)13(16)5-11/h3-5,9-10,14H,6-8,17H2,1-2H3/t9-,10+,14-/m0/s1. The van der Waals surface area contributed by atoms with Gasteiger partial charge in [-0.2, -0.15) is 0 Å². The van der Waals surface area contributed by atoms with Gasteiger partial charge >= 0.3 is 0 Å². The average molecular weight is 303 g/mol. The Balaban J connectivity index is 2.21. The van der Waals surface area contributed by atoms with E-state index in [1.807, 2.05) is 18.2 Å². The lowest BCUT2D eigenvalue weighted by molar-refractivity contribution is -0.0799. The zero-order chi connectivity index (χ0) is 14.0. The molecule has 0 saturated carbocycles. The molecule has 19 heavy (non-hydrogen) atoms. The lowest BCUT2D eigenvalue weighted by atomic mass is 10.0. The molecule has 3 nitrogen and oxygen atoms in total. The maximum Gasteiger partial charge on any atom is 0.0678 e. The van der Waals surface area contributed by atoms with Crippen LogP contribution in [-0.2, 0) is 4.74 Å². The highest BCUT2D eigenvalue weighted by molar-refractivity contribution is 6.42. The average Bonchev–Trinajstić information content (AvgIpc) is 2.33. The summed E-state index contributed by atoms with van der Waals surface area (Å²) in [5.41, 5.74) is 7.07. The van der Waals surface area contributed by atoms with Gasteiger partial charge in [0, 0.05) is 25.7 Å². The number of halogens is 2. The molecule has 0 aromatic heterocycles. The molecule has 1 aromatic rings. The van der Waals surface area contributed by atoms with Crippen molar-refractivity contribution in [3.63, 3.8) is 0 Å². The van der Waals surface area contributed by atoms with Crippen LogP contribution in [0.25, 0.3) is 0 Å². The van der Waals surface area contributed by atoms with Gasteiger partial charge in [-0.15, -0.1) is 0 Å². The number of rotatable bonds is 3. The van der Waals surface area contributed by atoms with Crippen LogP contribution in [0.1, 0.15) is 25.5 Å². The number of benzene rings is 1. The molecule has 2 N–H and O–H groups in total. The Kier molecular flexibility index (Phi) is 5.09. The third-order valence-electron chi connectivity index (χ3n) is 3.44. The predicted molar refractivity (Wildman–Crippen MR) is 79.8 cm³/mol. The van der Waals surface area contributed by atoms with E-state index < -0.39 is 0 Å². The van der Waals surface area contributed by atoms with Crippen LogP contribution in [0.2, 0.25) is 10.0 Å². The molecule has 1 heterocycles. The van der Waals surface area contributed by atoms with E-state index in [2.05, 4.69) is 18.7 Å². The minimum absolute atomic E-state index is 0.156. The molecule has 1 aliphatic heterocycles. The van der Waals surface area contributed by atoms with Gasteiger partial charge in [0.1, 0.15) is 0 Å². The molecule has 2 rings (SSSR count). The Morgan fingerprint density at radius 1 is 1.26 bits per heavy atom. The van der Waals surface area contributed by atoms with Crippen LogP contribution in [0.15, 0.2) is 18.2 Å². The predicted octanol–water partition coefficient (Wildman–Crippen LogP) is 3.10. The summed E-state index contributed by atoms with van der Waals surface area (Å²) in [7, 11) is 0. The van der Waals surface area contributed by atoms with E-state index in [0.717, 1.165) is 18.7 Å². The van der Waals surface area contributed by atoms with Crippen molar-refractivity contribution >= 4 is 23.2 Å². The number of ether oxygens (including phenoxy) is 1. The van der Waals surface area contributed by atoms with Crippen LogP contribution in [0.3, 0.4) is 0 Å². The summed E-state index contributed by atoms with van der Waals surface area (Å²) >= 11 is 12.1. The molecule has 5 heteroatoms. The summed E-state index contributed by atoms with van der Waals surface area (Å²) in [4.78, 5) is 2.36. The molecule has 1 saturated heterocycles. The number of morpholine rings is 1. The zero-order valence-electron chi connectivity index (χ0n) is 11.3. The summed E-state index contributed by atoms with van der Waals surface area (Å²) in [5, 5.41) is 1.15. The molecular formula is C14H20Cl2N2O. The van der Waals surface area contributed by atoms with Crippen molar-refractivity contribution in [3.8, 4) is 0 Å². The highest BCUT2D eigenvalue weighted by Crippen LogP contribution is 2.29. The van der Waals surface area contributed by atoms with Gasteiger partial charge in [0.15, 0.2) is 0 Å². The minimum Gasteiger partial charge on any atom is -0.373 e. The maximum absolute atomic E-state index is 6.10. The van der Waals surface area contributed by atoms with E-state index in [0.29, 0.717) is 16.6 Å². The molecule has 0 spiro atoms. The highest BCUT2D eigenvalue weighted by Gasteiger charge is 2.28. The Morgan fingerprint density at radius 2 is 1.89 bits per heavy atom. The SMILES string of the molecule is C[C@@H]1CN([C@@H](CN)c2ccc(Cl)c(Cl)c2)C[C@H](C)O1. The van der Waals surface area contributed by atoms with Crippen molar-refractivity contribution in [3.05, 3.63) is 33.8 Å². The van der Waals surface area contributed by atoms with Crippen molar-refractivity contribution in [1.29, 1.82) is 0 Å². The van der Waals surface area contributed by atoms with Crippen molar-refractivity contribution < 1.29 is 4.74 Å². The zero-order valence-corrected chi connectivity index (χ0v) is 12.8. The fourth-order valence-electron chi connectivity index (χ4n) is 2.69. The van der Waals surface area contributed by atoms with Gasteiger partial charge in [-0.25, -0.2) is 0 Å². The van der Waals surface area contributed by atoms with E-state index in [4.69, 9.17) is 33.7 Å². The van der Waals surface area contributed by atoms with E-state index in [1.54, 1.807) is 0 Å². The second-order valence-corrected chi connectivity index (χ2v) is 5.95. The fourth-order valence-corrected chi connectivity index (χ4v) is 2.99. The number of hydrogen-bond acceptors (Lipinski definition) is 3. The molecule has 1 aliphatic rings. The third-order valence-corrected chi connectivity index (χ3v) is 4.18. The van der Waals surface area contributed by atoms with Crippen LogP contribution in [0, 0.1) is 0 Å². The van der Waals surface area contributed by atoms with Gasteiger partial charge in [-0.1, -0.05) is 29.3 Å². The van der Waals surface area contributed by atoms with E-state index in [-0.39, 0.29) is 18.2 Å². The first-order valence-corrected chi connectivity index (χ1v) is 7.31. The van der Waals surface area contributed by atoms with Crippen molar-refractivity contribution in [1.82, 2.24) is 4.90 Å². The Bertz CT molecular complexity index is 431. The minimum atomic E-state index is 0.156. The van der Waals surface area contributed by atoms with Crippen molar-refractivity contribution in [2.45, 2.75) is 32.1 Å². The highest BCUT2D eigenvalue weighted by atomic mass is 35.5. The van der Waals surface area contributed by atoms with Crippen LogP contribution in [-0.4, -0.2) is 36.7 Å². The molecule has 3 atom stereocenters. The molecule has 0 unspecified atom stereocenters. The topological polar surface area (TPSA) is 38.5 Å². The van der Waals surface area contributed by atoms with Gasteiger partial charge in [0.2, 0.25) is 0 Å². The summed E-state index contributed by atoms with van der Waals surface area (Å²) in [5.74, 6) is 0. The molecule has 0 aliphatic carbocycles. The second kappa shape index (κ2) is 6.42. The molecule has 0 radical (unpaired) electrons.